The van der Waals surface area contributed by atoms with E-state index in [2.05, 4.69) is 15.3 Å². The first kappa shape index (κ1) is 21.0. The third-order valence-electron chi connectivity index (χ3n) is 4.27. The summed E-state index contributed by atoms with van der Waals surface area (Å²) in [6.07, 6.45) is 0.928. The molecule has 0 unspecified atom stereocenters. The van der Waals surface area contributed by atoms with Gasteiger partial charge in [0.2, 0.25) is 5.91 Å². The van der Waals surface area contributed by atoms with Crippen LogP contribution in [0.3, 0.4) is 0 Å². The number of nitrogens with one attached hydrogen (secondary N) is 2. The van der Waals surface area contributed by atoms with Crippen molar-refractivity contribution in [3.63, 3.8) is 0 Å². The van der Waals surface area contributed by atoms with E-state index in [-0.39, 0.29) is 36.9 Å². The minimum atomic E-state index is -0.270. The van der Waals surface area contributed by atoms with Crippen LogP contribution in [0.2, 0.25) is 5.02 Å². The molecule has 7 nitrogen and oxygen atoms in total. The van der Waals surface area contributed by atoms with Crippen LogP contribution in [0.4, 0.5) is 0 Å². The lowest BCUT2D eigenvalue weighted by atomic mass is 10.2. The maximum Gasteiger partial charge on any atom is 0.261 e. The van der Waals surface area contributed by atoms with Gasteiger partial charge in [-0.1, -0.05) is 24.6 Å². The van der Waals surface area contributed by atoms with Crippen LogP contribution in [0.25, 0.3) is 10.9 Å². The number of amides is 2. The highest BCUT2D eigenvalue weighted by Gasteiger charge is 2.16. The molecule has 3 aromatic rings. The van der Waals surface area contributed by atoms with Crippen molar-refractivity contribution in [1.29, 1.82) is 0 Å². The summed E-state index contributed by atoms with van der Waals surface area (Å²) in [5, 5.41) is 5.52. The first-order chi connectivity index (χ1) is 14.0. The molecule has 0 spiro atoms. The summed E-state index contributed by atoms with van der Waals surface area (Å²) in [6, 6.07) is 8.43. The molecule has 0 aliphatic heterocycles. The molecule has 0 atom stereocenters. The predicted octanol–water partition coefficient (Wildman–Crippen LogP) is 3.20. The van der Waals surface area contributed by atoms with Crippen LogP contribution < -0.4 is 10.9 Å². The zero-order valence-electron chi connectivity index (χ0n) is 15.9. The molecule has 0 saturated carbocycles. The number of halogens is 1. The molecule has 1 aromatic carbocycles. The van der Waals surface area contributed by atoms with Gasteiger partial charge in [-0.2, -0.15) is 0 Å². The van der Waals surface area contributed by atoms with Gasteiger partial charge < -0.3 is 15.2 Å². The van der Waals surface area contributed by atoms with Gasteiger partial charge in [0, 0.05) is 24.5 Å². The Morgan fingerprint density at radius 3 is 2.86 bits per heavy atom. The lowest BCUT2D eigenvalue weighted by molar-refractivity contribution is -0.131. The molecular weight excluding hydrogens is 412 g/mol. The normalized spacial score (nSPS) is 10.8. The Hall–Kier alpha value is -2.71. The van der Waals surface area contributed by atoms with Crippen LogP contribution in [0.15, 0.2) is 40.5 Å². The largest absolute Gasteiger partial charge is 0.351 e. The van der Waals surface area contributed by atoms with Crippen LogP contribution in [-0.2, 0) is 11.3 Å². The first-order valence-electron chi connectivity index (χ1n) is 9.26. The molecule has 2 N–H and O–H groups in total. The molecule has 0 aliphatic rings. The Kier molecular flexibility index (Phi) is 7.00. The van der Waals surface area contributed by atoms with Crippen molar-refractivity contribution in [3.05, 3.63) is 61.8 Å². The van der Waals surface area contributed by atoms with E-state index in [1.54, 1.807) is 35.2 Å². The number of rotatable bonds is 8. The molecule has 152 valence electrons. The van der Waals surface area contributed by atoms with Gasteiger partial charge in [-0.05, 0) is 36.1 Å². The second kappa shape index (κ2) is 9.67. The van der Waals surface area contributed by atoms with E-state index < -0.39 is 0 Å². The minimum Gasteiger partial charge on any atom is -0.351 e. The van der Waals surface area contributed by atoms with Crippen molar-refractivity contribution in [2.45, 2.75) is 26.3 Å². The average Bonchev–Trinajstić information content (AvgIpc) is 3.22. The molecule has 0 fully saturated rings. The van der Waals surface area contributed by atoms with Crippen LogP contribution in [0.5, 0.6) is 0 Å². The van der Waals surface area contributed by atoms with Crippen molar-refractivity contribution in [2.75, 3.05) is 13.1 Å². The summed E-state index contributed by atoms with van der Waals surface area (Å²) in [7, 11) is 0. The zero-order valence-corrected chi connectivity index (χ0v) is 17.5. The second-order valence-corrected chi connectivity index (χ2v) is 7.86. The van der Waals surface area contributed by atoms with Gasteiger partial charge in [0.05, 0.1) is 22.3 Å². The fourth-order valence-corrected chi connectivity index (χ4v) is 3.72. The van der Waals surface area contributed by atoms with Crippen molar-refractivity contribution in [1.82, 2.24) is 20.2 Å². The number of benzene rings is 1. The van der Waals surface area contributed by atoms with Crippen LogP contribution in [-0.4, -0.2) is 39.8 Å². The van der Waals surface area contributed by atoms with Gasteiger partial charge in [0.25, 0.3) is 11.5 Å². The summed E-state index contributed by atoms with van der Waals surface area (Å²) in [6.45, 7) is 2.92. The number of nitrogens with zero attached hydrogens (tertiary/aromatic N) is 2. The third-order valence-corrected chi connectivity index (χ3v) is 5.38. The number of hydrogen-bond donors (Lipinski definition) is 2. The fraction of sp³-hybridized carbons (Fsp3) is 0.300. The van der Waals surface area contributed by atoms with E-state index in [0.717, 1.165) is 6.42 Å². The van der Waals surface area contributed by atoms with Gasteiger partial charge >= 0.3 is 0 Å². The SMILES string of the molecule is CCCN(Cc1nc2cc(Cl)ccc2c(=O)[nH]1)C(=O)CCNC(=O)c1cccs1. The lowest BCUT2D eigenvalue weighted by Gasteiger charge is -2.22. The van der Waals surface area contributed by atoms with Crippen molar-refractivity contribution < 1.29 is 9.59 Å². The van der Waals surface area contributed by atoms with Crippen molar-refractivity contribution in [2.24, 2.45) is 0 Å². The smallest absolute Gasteiger partial charge is 0.261 e. The molecule has 2 amide bonds. The van der Waals surface area contributed by atoms with Crippen molar-refractivity contribution >= 4 is 45.7 Å². The van der Waals surface area contributed by atoms with E-state index in [1.807, 2.05) is 12.3 Å². The van der Waals surface area contributed by atoms with Crippen molar-refractivity contribution in [3.8, 4) is 0 Å². The molecule has 0 aliphatic carbocycles. The number of hydrogen-bond acceptors (Lipinski definition) is 5. The summed E-state index contributed by atoms with van der Waals surface area (Å²) in [4.78, 5) is 46.3. The van der Waals surface area contributed by atoms with Crippen LogP contribution in [0.1, 0.15) is 35.3 Å². The zero-order chi connectivity index (χ0) is 20.8. The third kappa shape index (κ3) is 5.42. The Morgan fingerprint density at radius 2 is 2.14 bits per heavy atom. The summed E-state index contributed by atoms with van der Waals surface area (Å²) in [5.74, 6) is 0.0913. The Morgan fingerprint density at radius 1 is 1.31 bits per heavy atom. The maximum atomic E-state index is 12.6. The van der Waals surface area contributed by atoms with Gasteiger partial charge in [-0.3, -0.25) is 14.4 Å². The Balaban J connectivity index is 1.66. The fourth-order valence-electron chi connectivity index (χ4n) is 2.91. The van der Waals surface area contributed by atoms with E-state index in [4.69, 9.17) is 11.6 Å². The number of thiophene rings is 1. The highest BCUT2D eigenvalue weighted by Crippen LogP contribution is 2.15. The van der Waals surface area contributed by atoms with Gasteiger partial charge in [-0.25, -0.2) is 4.98 Å². The van der Waals surface area contributed by atoms with Gasteiger partial charge in [-0.15, -0.1) is 11.3 Å². The Bertz CT molecular complexity index is 1070. The Labute approximate surface area is 176 Å². The minimum absolute atomic E-state index is 0.118. The lowest BCUT2D eigenvalue weighted by Crippen LogP contribution is -2.35. The average molecular weight is 433 g/mol. The molecule has 3 rings (SSSR count). The molecule has 29 heavy (non-hydrogen) atoms. The number of fused-ring (bicyclic) bond motifs is 1. The number of aromatic nitrogens is 2. The van der Waals surface area contributed by atoms with Gasteiger partial charge in [0.15, 0.2) is 0 Å². The summed E-state index contributed by atoms with van der Waals surface area (Å²) in [5.41, 5.74) is 0.220. The quantitative estimate of drug-likeness (QED) is 0.571. The molecule has 2 aromatic heterocycles. The number of H-pyrrole nitrogens is 1. The summed E-state index contributed by atoms with van der Waals surface area (Å²) < 4.78 is 0. The molecule has 0 bridgehead atoms. The van der Waals surface area contributed by atoms with E-state index in [9.17, 15) is 14.4 Å². The molecule has 0 radical (unpaired) electrons. The van der Waals surface area contributed by atoms with Crippen LogP contribution >= 0.6 is 22.9 Å². The first-order valence-corrected chi connectivity index (χ1v) is 10.5. The van der Waals surface area contributed by atoms with E-state index in [1.165, 1.54) is 11.3 Å². The molecule has 0 saturated heterocycles. The maximum absolute atomic E-state index is 12.6. The molecule has 9 heteroatoms. The topological polar surface area (TPSA) is 95.2 Å². The monoisotopic (exact) mass is 432 g/mol. The number of carbonyl (C=O) groups is 2. The van der Waals surface area contributed by atoms with Gasteiger partial charge in [0.1, 0.15) is 5.82 Å². The number of carbonyl (C=O) groups excluding carboxylic acids is 2. The van der Waals surface area contributed by atoms with E-state index in [0.29, 0.717) is 33.2 Å². The van der Waals surface area contributed by atoms with E-state index >= 15 is 0 Å². The van der Waals surface area contributed by atoms with Crippen LogP contribution in [0, 0.1) is 0 Å². The summed E-state index contributed by atoms with van der Waals surface area (Å²) >= 11 is 7.35. The second-order valence-electron chi connectivity index (χ2n) is 6.47. The highest BCUT2D eigenvalue weighted by molar-refractivity contribution is 7.12. The number of aromatic amines is 1. The highest BCUT2D eigenvalue weighted by atomic mass is 35.5. The predicted molar refractivity (Wildman–Crippen MR) is 114 cm³/mol. The molecule has 2 heterocycles. The standard InChI is InChI=1S/C20H21ClN4O3S/c1-2-9-25(18(26)7-8-22-20(28)16-4-3-10-29-16)12-17-23-15-11-13(21)5-6-14(15)19(27)24-17/h3-6,10-11H,2,7-9,12H2,1H3,(H,22,28)(H,23,24,27). The molecular formula is C20H21ClN4O3S.